The van der Waals surface area contributed by atoms with Crippen molar-refractivity contribution in [3.05, 3.63) is 53.9 Å². The van der Waals surface area contributed by atoms with Gasteiger partial charge in [0.05, 0.1) is 16.8 Å². The zero-order chi connectivity index (χ0) is 14.8. The van der Waals surface area contributed by atoms with Gasteiger partial charge in [-0.3, -0.25) is 14.6 Å². The van der Waals surface area contributed by atoms with Gasteiger partial charge in [0.2, 0.25) is 0 Å². The van der Waals surface area contributed by atoms with Crippen LogP contribution >= 0.6 is 0 Å². The summed E-state index contributed by atoms with van der Waals surface area (Å²) in [7, 11) is 0. The Hall–Kier alpha value is -3.20. The Kier molecular flexibility index (Phi) is 3.09. The van der Waals surface area contributed by atoms with Gasteiger partial charge in [-0.05, 0) is 30.3 Å². The van der Waals surface area contributed by atoms with Crippen molar-refractivity contribution in [1.29, 1.82) is 5.26 Å². The molecule has 1 aromatic carbocycles. The zero-order valence-electron chi connectivity index (χ0n) is 10.8. The smallest absolute Gasteiger partial charge is 0.267 e. The molecule has 0 atom stereocenters. The molecule has 0 N–H and O–H groups in total. The van der Waals surface area contributed by atoms with E-state index in [2.05, 4.69) is 4.98 Å². The van der Waals surface area contributed by atoms with Crippen molar-refractivity contribution >= 4 is 17.5 Å². The van der Waals surface area contributed by atoms with E-state index in [1.165, 1.54) is 18.5 Å². The first kappa shape index (κ1) is 12.8. The molecule has 21 heavy (non-hydrogen) atoms. The van der Waals surface area contributed by atoms with E-state index >= 15 is 0 Å². The van der Waals surface area contributed by atoms with E-state index in [0.29, 0.717) is 22.6 Å². The van der Waals surface area contributed by atoms with Gasteiger partial charge in [0.1, 0.15) is 11.8 Å². The lowest BCUT2D eigenvalue weighted by Crippen LogP contribution is -2.29. The quantitative estimate of drug-likeness (QED) is 0.800. The van der Waals surface area contributed by atoms with E-state index in [-0.39, 0.29) is 12.5 Å². The lowest BCUT2D eigenvalue weighted by Gasteiger charge is -2.14. The van der Waals surface area contributed by atoms with Crippen molar-refractivity contribution < 1.29 is 14.3 Å². The molecule has 3 rings (SSSR count). The molecule has 6 nitrogen and oxygen atoms in total. The summed E-state index contributed by atoms with van der Waals surface area (Å²) in [6.45, 7) is -0.0575. The number of amides is 2. The van der Waals surface area contributed by atoms with Crippen LogP contribution in [0.2, 0.25) is 0 Å². The van der Waals surface area contributed by atoms with Crippen LogP contribution in [0.1, 0.15) is 20.7 Å². The number of imide groups is 1. The Labute approximate surface area is 120 Å². The highest BCUT2D eigenvalue weighted by Crippen LogP contribution is 2.28. The van der Waals surface area contributed by atoms with Gasteiger partial charge >= 0.3 is 0 Å². The predicted octanol–water partition coefficient (Wildman–Crippen LogP) is 1.78. The van der Waals surface area contributed by atoms with Crippen LogP contribution in [0.3, 0.4) is 0 Å². The van der Waals surface area contributed by atoms with Crippen LogP contribution in [-0.2, 0) is 0 Å². The first-order valence-electron chi connectivity index (χ1n) is 6.15. The number of carbonyl (C=O) groups is 2. The molecule has 1 aliphatic rings. The average Bonchev–Trinajstić information content (AvgIpc) is 2.78. The summed E-state index contributed by atoms with van der Waals surface area (Å²) in [6, 6.07) is 9.80. The Morgan fingerprint density at radius 1 is 1.10 bits per heavy atom. The fourth-order valence-electron chi connectivity index (χ4n) is 2.13. The summed E-state index contributed by atoms with van der Waals surface area (Å²) >= 11 is 0. The molecular formula is C15H9N3O3. The van der Waals surface area contributed by atoms with Gasteiger partial charge in [-0.1, -0.05) is 0 Å². The molecule has 1 aromatic heterocycles. The number of aromatic nitrogens is 1. The Bertz CT molecular complexity index is 727. The molecule has 0 spiro atoms. The molecule has 0 bridgehead atoms. The van der Waals surface area contributed by atoms with Crippen molar-refractivity contribution in [3.8, 4) is 11.8 Å². The number of anilines is 1. The number of rotatable bonds is 3. The fraction of sp³-hybridized carbons (Fsp3) is 0.0667. The largest absolute Gasteiger partial charge is 0.479 e. The highest BCUT2D eigenvalue weighted by Gasteiger charge is 2.36. The zero-order valence-corrected chi connectivity index (χ0v) is 10.8. The number of benzene rings is 1. The van der Waals surface area contributed by atoms with Crippen LogP contribution in [0.25, 0.3) is 0 Å². The number of ether oxygens (including phenoxy) is 1. The van der Waals surface area contributed by atoms with Gasteiger partial charge in [-0.15, -0.1) is 0 Å². The van der Waals surface area contributed by atoms with Crippen LogP contribution in [0.4, 0.5) is 5.69 Å². The van der Waals surface area contributed by atoms with Gasteiger partial charge < -0.3 is 4.74 Å². The van der Waals surface area contributed by atoms with E-state index in [1.54, 1.807) is 24.3 Å². The standard InChI is InChI=1S/C15H9N3O3/c16-6-8-21-11-3-1-10(2-4-11)18-14(19)12-5-7-17-9-13(12)15(18)20/h1-5,7,9H,8H2. The van der Waals surface area contributed by atoms with Crippen LogP contribution in [0, 0.1) is 11.3 Å². The molecule has 2 amide bonds. The topological polar surface area (TPSA) is 83.3 Å². The molecule has 0 saturated heterocycles. The minimum absolute atomic E-state index is 0.0575. The number of pyridine rings is 1. The van der Waals surface area contributed by atoms with Crippen LogP contribution in [0.15, 0.2) is 42.7 Å². The number of nitriles is 1. The number of carbonyl (C=O) groups excluding carboxylic acids is 2. The number of hydrogen-bond acceptors (Lipinski definition) is 5. The van der Waals surface area contributed by atoms with Crippen molar-refractivity contribution in [3.63, 3.8) is 0 Å². The lowest BCUT2D eigenvalue weighted by atomic mass is 10.2. The van der Waals surface area contributed by atoms with Gasteiger partial charge in [-0.25, -0.2) is 4.90 Å². The maximum absolute atomic E-state index is 12.3. The highest BCUT2D eigenvalue weighted by atomic mass is 16.5. The van der Waals surface area contributed by atoms with Gasteiger partial charge in [0, 0.05) is 12.4 Å². The maximum Gasteiger partial charge on any atom is 0.267 e. The molecule has 102 valence electrons. The maximum atomic E-state index is 12.3. The molecule has 0 fully saturated rings. The minimum atomic E-state index is -0.395. The van der Waals surface area contributed by atoms with E-state index in [1.807, 2.05) is 6.07 Å². The van der Waals surface area contributed by atoms with E-state index in [9.17, 15) is 9.59 Å². The molecule has 2 heterocycles. The monoisotopic (exact) mass is 279 g/mol. The molecular weight excluding hydrogens is 270 g/mol. The molecule has 6 heteroatoms. The van der Waals surface area contributed by atoms with Crippen LogP contribution in [-0.4, -0.2) is 23.4 Å². The second-order valence-corrected chi connectivity index (χ2v) is 4.31. The van der Waals surface area contributed by atoms with E-state index in [4.69, 9.17) is 10.00 Å². The van der Waals surface area contributed by atoms with Gasteiger partial charge in [0.15, 0.2) is 6.61 Å². The summed E-state index contributed by atoms with van der Waals surface area (Å²) in [6.07, 6.45) is 2.87. The normalized spacial score (nSPS) is 13.0. The summed E-state index contributed by atoms with van der Waals surface area (Å²) in [5, 5.41) is 8.45. The molecule has 1 aliphatic heterocycles. The number of fused-ring (bicyclic) bond motifs is 1. The molecule has 0 radical (unpaired) electrons. The number of nitrogens with zero attached hydrogens (tertiary/aromatic N) is 3. The third-order valence-corrected chi connectivity index (χ3v) is 3.09. The summed E-state index contributed by atoms with van der Waals surface area (Å²) in [5.74, 6) is -0.268. The summed E-state index contributed by atoms with van der Waals surface area (Å²) in [5.41, 5.74) is 1.10. The molecule has 0 aliphatic carbocycles. The minimum Gasteiger partial charge on any atom is -0.479 e. The molecule has 0 saturated carbocycles. The average molecular weight is 279 g/mol. The van der Waals surface area contributed by atoms with Crippen LogP contribution in [0.5, 0.6) is 5.75 Å². The Morgan fingerprint density at radius 2 is 1.81 bits per heavy atom. The van der Waals surface area contributed by atoms with E-state index < -0.39 is 5.91 Å². The second-order valence-electron chi connectivity index (χ2n) is 4.31. The Morgan fingerprint density at radius 3 is 2.48 bits per heavy atom. The Balaban J connectivity index is 1.91. The molecule has 0 unspecified atom stereocenters. The summed E-state index contributed by atoms with van der Waals surface area (Å²) < 4.78 is 5.13. The SMILES string of the molecule is N#CCOc1ccc(N2C(=O)c3ccncc3C2=O)cc1. The molecule has 2 aromatic rings. The lowest BCUT2D eigenvalue weighted by molar-refractivity contribution is 0.0926. The second kappa shape index (κ2) is 5.06. The highest BCUT2D eigenvalue weighted by molar-refractivity contribution is 6.34. The first-order chi connectivity index (χ1) is 10.2. The van der Waals surface area contributed by atoms with Crippen molar-refractivity contribution in [1.82, 2.24) is 4.98 Å². The fourth-order valence-corrected chi connectivity index (χ4v) is 2.13. The van der Waals surface area contributed by atoms with Crippen molar-refractivity contribution in [2.24, 2.45) is 0 Å². The van der Waals surface area contributed by atoms with Crippen LogP contribution < -0.4 is 9.64 Å². The predicted molar refractivity (Wildman–Crippen MR) is 72.9 cm³/mol. The number of hydrogen-bond donors (Lipinski definition) is 0. The first-order valence-corrected chi connectivity index (χ1v) is 6.15. The van der Waals surface area contributed by atoms with Gasteiger partial charge in [0.25, 0.3) is 11.8 Å². The van der Waals surface area contributed by atoms with Crippen molar-refractivity contribution in [2.45, 2.75) is 0 Å². The third kappa shape index (κ3) is 2.11. The van der Waals surface area contributed by atoms with Crippen molar-refractivity contribution in [2.75, 3.05) is 11.5 Å². The van der Waals surface area contributed by atoms with Gasteiger partial charge in [-0.2, -0.15) is 5.26 Å². The third-order valence-electron chi connectivity index (χ3n) is 3.09. The summed E-state index contributed by atoms with van der Waals surface area (Å²) in [4.78, 5) is 29.5. The van der Waals surface area contributed by atoms with E-state index in [0.717, 1.165) is 4.90 Å².